The predicted octanol–water partition coefficient (Wildman–Crippen LogP) is 4.21. The first-order chi connectivity index (χ1) is 14.2. The van der Waals surface area contributed by atoms with Gasteiger partial charge in [-0.05, 0) is 47.4 Å². The summed E-state index contributed by atoms with van der Waals surface area (Å²) in [7, 11) is 0. The van der Waals surface area contributed by atoms with Crippen LogP contribution in [0.5, 0.6) is 0 Å². The average Bonchev–Trinajstić information content (AvgIpc) is 2.78. The average molecular weight is 385 g/mol. The van der Waals surface area contributed by atoms with Crippen molar-refractivity contribution < 1.29 is 9.59 Å². The van der Waals surface area contributed by atoms with E-state index in [-0.39, 0.29) is 11.9 Å². The van der Waals surface area contributed by atoms with E-state index in [0.29, 0.717) is 25.2 Å². The highest BCUT2D eigenvalue weighted by Crippen LogP contribution is 2.24. The number of rotatable bonds is 4. The largest absolute Gasteiger partial charge is 0.334 e. The van der Waals surface area contributed by atoms with E-state index >= 15 is 0 Å². The Morgan fingerprint density at radius 1 is 0.862 bits per heavy atom. The summed E-state index contributed by atoms with van der Waals surface area (Å²) in [5.41, 5.74) is 4.76. The molecule has 2 N–H and O–H groups in total. The molecule has 1 aliphatic rings. The lowest BCUT2D eigenvalue weighted by Crippen LogP contribution is -2.36. The van der Waals surface area contributed by atoms with Crippen molar-refractivity contribution in [1.82, 2.24) is 10.2 Å². The van der Waals surface area contributed by atoms with Gasteiger partial charge in [-0.2, -0.15) is 0 Å². The number of carbonyl (C=O) groups is 2. The van der Waals surface area contributed by atoms with E-state index in [0.717, 1.165) is 23.2 Å². The van der Waals surface area contributed by atoms with Crippen LogP contribution < -0.4 is 10.6 Å². The molecule has 146 valence electrons. The summed E-state index contributed by atoms with van der Waals surface area (Å²) in [4.78, 5) is 26.8. The fraction of sp³-hybridized carbons (Fsp3) is 0.167. The number of fused-ring (bicyclic) bond motifs is 1. The lowest BCUT2D eigenvalue weighted by atomic mass is 9.98. The standard InChI is InChI=1S/C24H23N3O2/c28-23(20-9-5-2-6-10-20)27-14-13-19-11-12-22(15-21(19)17-27)26-24(29)25-16-18-7-3-1-4-8-18/h1-12,15H,13-14,16-17H2,(H2,25,26,29). The first-order valence-corrected chi connectivity index (χ1v) is 9.74. The van der Waals surface area contributed by atoms with E-state index in [1.807, 2.05) is 83.8 Å². The molecule has 0 aromatic heterocycles. The zero-order valence-corrected chi connectivity index (χ0v) is 16.1. The van der Waals surface area contributed by atoms with Crippen molar-refractivity contribution in [3.05, 3.63) is 101 Å². The zero-order chi connectivity index (χ0) is 20.1. The summed E-state index contributed by atoms with van der Waals surface area (Å²) in [6.07, 6.45) is 0.814. The van der Waals surface area contributed by atoms with Crippen LogP contribution in [0.25, 0.3) is 0 Å². The van der Waals surface area contributed by atoms with E-state index in [1.165, 1.54) is 5.56 Å². The van der Waals surface area contributed by atoms with Crippen LogP contribution in [0.3, 0.4) is 0 Å². The summed E-state index contributed by atoms with van der Waals surface area (Å²) < 4.78 is 0. The minimum absolute atomic E-state index is 0.0372. The number of benzene rings is 3. The molecule has 0 unspecified atom stereocenters. The van der Waals surface area contributed by atoms with Gasteiger partial charge in [0.05, 0.1) is 0 Å². The molecule has 0 bridgehead atoms. The Morgan fingerprint density at radius 2 is 1.59 bits per heavy atom. The number of hydrogen-bond acceptors (Lipinski definition) is 2. The molecule has 0 spiro atoms. The number of anilines is 1. The lowest BCUT2D eigenvalue weighted by molar-refractivity contribution is 0.0734. The molecule has 3 aromatic carbocycles. The highest BCUT2D eigenvalue weighted by molar-refractivity contribution is 5.94. The predicted molar refractivity (Wildman–Crippen MR) is 114 cm³/mol. The van der Waals surface area contributed by atoms with Gasteiger partial charge in [0.25, 0.3) is 5.91 Å². The second-order valence-electron chi connectivity index (χ2n) is 7.12. The first-order valence-electron chi connectivity index (χ1n) is 9.74. The van der Waals surface area contributed by atoms with E-state index in [4.69, 9.17) is 0 Å². The van der Waals surface area contributed by atoms with Gasteiger partial charge in [-0.1, -0.05) is 54.6 Å². The Hall–Kier alpha value is -3.60. The van der Waals surface area contributed by atoms with Crippen LogP contribution in [0, 0.1) is 0 Å². The number of amides is 3. The third-order valence-corrected chi connectivity index (χ3v) is 5.08. The van der Waals surface area contributed by atoms with Crippen LogP contribution in [0.15, 0.2) is 78.9 Å². The number of urea groups is 1. The normalized spacial score (nSPS) is 12.8. The van der Waals surface area contributed by atoms with Crippen molar-refractivity contribution >= 4 is 17.6 Å². The molecule has 29 heavy (non-hydrogen) atoms. The van der Waals surface area contributed by atoms with Crippen molar-refractivity contribution in [3.63, 3.8) is 0 Å². The Bertz CT molecular complexity index is 1000. The van der Waals surface area contributed by atoms with Crippen LogP contribution in [0.4, 0.5) is 10.5 Å². The quantitative estimate of drug-likeness (QED) is 0.707. The minimum Gasteiger partial charge on any atom is -0.334 e. The number of nitrogens with one attached hydrogen (secondary N) is 2. The van der Waals surface area contributed by atoms with Crippen LogP contribution >= 0.6 is 0 Å². The number of carbonyl (C=O) groups excluding carboxylic acids is 2. The number of nitrogens with zero attached hydrogens (tertiary/aromatic N) is 1. The van der Waals surface area contributed by atoms with Gasteiger partial charge in [-0.25, -0.2) is 4.79 Å². The minimum atomic E-state index is -0.248. The van der Waals surface area contributed by atoms with Crippen LogP contribution in [0.2, 0.25) is 0 Å². The molecule has 0 aliphatic carbocycles. The maximum atomic E-state index is 12.7. The summed E-state index contributed by atoms with van der Waals surface area (Å²) in [6, 6.07) is 24.8. The van der Waals surface area contributed by atoms with Gasteiger partial charge in [0.1, 0.15) is 0 Å². The van der Waals surface area contributed by atoms with Gasteiger partial charge in [0.15, 0.2) is 0 Å². The smallest absolute Gasteiger partial charge is 0.319 e. The zero-order valence-electron chi connectivity index (χ0n) is 16.1. The maximum Gasteiger partial charge on any atom is 0.319 e. The molecule has 3 aromatic rings. The molecule has 3 amide bonds. The Balaban J connectivity index is 1.39. The van der Waals surface area contributed by atoms with E-state index in [9.17, 15) is 9.59 Å². The molecular weight excluding hydrogens is 362 g/mol. The van der Waals surface area contributed by atoms with E-state index in [2.05, 4.69) is 10.6 Å². The SMILES string of the molecule is O=C(NCc1ccccc1)Nc1ccc2c(c1)CN(C(=O)c1ccccc1)CC2. The van der Waals surface area contributed by atoms with Gasteiger partial charge in [0, 0.05) is 30.9 Å². The fourth-order valence-corrected chi connectivity index (χ4v) is 3.52. The van der Waals surface area contributed by atoms with Crippen LogP contribution in [-0.4, -0.2) is 23.4 Å². The van der Waals surface area contributed by atoms with Gasteiger partial charge in [-0.3, -0.25) is 4.79 Å². The van der Waals surface area contributed by atoms with Crippen molar-refractivity contribution in [3.8, 4) is 0 Å². The second kappa shape index (κ2) is 8.61. The van der Waals surface area contributed by atoms with Crippen molar-refractivity contribution in [2.75, 3.05) is 11.9 Å². The van der Waals surface area contributed by atoms with Crippen molar-refractivity contribution in [1.29, 1.82) is 0 Å². The Kier molecular flexibility index (Phi) is 5.56. The highest BCUT2D eigenvalue weighted by Gasteiger charge is 2.22. The van der Waals surface area contributed by atoms with Crippen LogP contribution in [0.1, 0.15) is 27.0 Å². The molecule has 5 nitrogen and oxygen atoms in total. The van der Waals surface area contributed by atoms with E-state index < -0.39 is 0 Å². The maximum absolute atomic E-state index is 12.7. The summed E-state index contributed by atoms with van der Waals surface area (Å²) in [6.45, 7) is 1.71. The second-order valence-corrected chi connectivity index (χ2v) is 7.12. The summed E-state index contributed by atoms with van der Waals surface area (Å²) >= 11 is 0. The molecule has 5 heteroatoms. The summed E-state index contributed by atoms with van der Waals surface area (Å²) in [5.74, 6) is 0.0372. The molecule has 4 rings (SSSR count). The molecule has 1 aliphatic heterocycles. The number of hydrogen-bond donors (Lipinski definition) is 2. The fourth-order valence-electron chi connectivity index (χ4n) is 3.52. The molecule has 0 fully saturated rings. The molecule has 1 heterocycles. The lowest BCUT2D eigenvalue weighted by Gasteiger charge is -2.29. The Labute approximate surface area is 170 Å². The highest BCUT2D eigenvalue weighted by atomic mass is 16.2. The monoisotopic (exact) mass is 385 g/mol. The third-order valence-electron chi connectivity index (χ3n) is 5.08. The van der Waals surface area contributed by atoms with Gasteiger partial charge >= 0.3 is 6.03 Å². The molecule has 0 saturated heterocycles. The molecule has 0 saturated carbocycles. The van der Waals surface area contributed by atoms with Crippen molar-refractivity contribution in [2.24, 2.45) is 0 Å². The molecular formula is C24H23N3O2. The van der Waals surface area contributed by atoms with Gasteiger partial charge in [-0.15, -0.1) is 0 Å². The van der Waals surface area contributed by atoms with E-state index in [1.54, 1.807) is 0 Å². The first kappa shape index (κ1) is 18.7. The van der Waals surface area contributed by atoms with Gasteiger partial charge < -0.3 is 15.5 Å². The summed E-state index contributed by atoms with van der Waals surface area (Å²) in [5, 5.41) is 5.75. The van der Waals surface area contributed by atoms with Crippen molar-refractivity contribution in [2.45, 2.75) is 19.5 Å². The Morgan fingerprint density at radius 3 is 2.34 bits per heavy atom. The van der Waals surface area contributed by atoms with Gasteiger partial charge in [0.2, 0.25) is 0 Å². The molecule has 0 radical (unpaired) electrons. The van der Waals surface area contributed by atoms with Crippen LogP contribution in [-0.2, 0) is 19.5 Å². The third kappa shape index (κ3) is 4.63. The molecule has 0 atom stereocenters. The topological polar surface area (TPSA) is 61.4 Å².